The van der Waals surface area contributed by atoms with E-state index in [2.05, 4.69) is 10.5 Å². The highest BCUT2D eigenvalue weighted by Crippen LogP contribution is 2.14. The molecule has 0 saturated heterocycles. The number of amides is 1. The van der Waals surface area contributed by atoms with Gasteiger partial charge in [0, 0.05) is 0 Å². The summed E-state index contributed by atoms with van der Waals surface area (Å²) in [7, 11) is 0. The summed E-state index contributed by atoms with van der Waals surface area (Å²) in [6.07, 6.45) is 2.30. The Balaban J connectivity index is 1.38. The van der Waals surface area contributed by atoms with Crippen LogP contribution in [-0.2, 0) is 16.1 Å². The number of benzene rings is 3. The molecule has 0 aliphatic carbocycles. The fourth-order valence-electron chi connectivity index (χ4n) is 2.72. The summed E-state index contributed by atoms with van der Waals surface area (Å²) in [4.78, 5) is 23.7. The lowest BCUT2D eigenvalue weighted by atomic mass is 10.2. The normalized spacial score (nSPS) is 10.6. The van der Waals surface area contributed by atoms with Crippen molar-refractivity contribution in [2.24, 2.45) is 5.10 Å². The smallest absolute Gasteiger partial charge is 0.338 e. The van der Waals surface area contributed by atoms with Gasteiger partial charge in [-0.05, 0) is 66.1 Å². The van der Waals surface area contributed by atoms with Gasteiger partial charge in [0.05, 0.1) is 18.4 Å². The zero-order chi connectivity index (χ0) is 23.3. The summed E-state index contributed by atoms with van der Waals surface area (Å²) in [5, 5.41) is 3.94. The lowest BCUT2D eigenvalue weighted by molar-refractivity contribution is -0.123. The third-order valence-electron chi connectivity index (χ3n) is 4.43. The van der Waals surface area contributed by atoms with Crippen LogP contribution in [0.25, 0.3) is 0 Å². The topological polar surface area (TPSA) is 86.2 Å². The van der Waals surface area contributed by atoms with Crippen molar-refractivity contribution >= 4 is 18.1 Å². The number of ether oxygens (including phenoxy) is 3. The molecule has 3 rings (SSSR count). The van der Waals surface area contributed by atoms with Crippen molar-refractivity contribution in [1.29, 1.82) is 0 Å². The van der Waals surface area contributed by atoms with E-state index in [1.54, 1.807) is 24.3 Å². The molecule has 0 unspecified atom stereocenters. The van der Waals surface area contributed by atoms with Crippen molar-refractivity contribution < 1.29 is 23.8 Å². The first-order chi connectivity index (χ1) is 16.1. The van der Waals surface area contributed by atoms with Crippen LogP contribution in [0.15, 0.2) is 84.0 Å². The number of nitrogens with zero attached hydrogens (tertiary/aromatic N) is 1. The average molecular weight is 447 g/mol. The summed E-state index contributed by atoms with van der Waals surface area (Å²) in [6.45, 7) is 2.60. The Morgan fingerprint density at radius 1 is 0.879 bits per heavy atom. The van der Waals surface area contributed by atoms with Gasteiger partial charge in [0.15, 0.2) is 6.61 Å². The minimum atomic E-state index is -0.402. The van der Waals surface area contributed by atoms with Gasteiger partial charge in [-0.1, -0.05) is 37.3 Å². The minimum Gasteiger partial charge on any atom is -0.489 e. The van der Waals surface area contributed by atoms with Gasteiger partial charge in [0.25, 0.3) is 5.91 Å². The maximum Gasteiger partial charge on any atom is 0.338 e. The predicted molar refractivity (Wildman–Crippen MR) is 125 cm³/mol. The monoisotopic (exact) mass is 446 g/mol. The molecule has 0 heterocycles. The third kappa shape index (κ3) is 8.14. The number of carbonyl (C=O) groups excluding carboxylic acids is 2. The second kappa shape index (κ2) is 12.7. The maximum absolute atomic E-state index is 11.9. The van der Waals surface area contributed by atoms with Crippen molar-refractivity contribution in [2.75, 3.05) is 13.2 Å². The Bertz CT molecular complexity index is 1050. The van der Waals surface area contributed by atoms with E-state index < -0.39 is 5.91 Å². The van der Waals surface area contributed by atoms with Gasteiger partial charge >= 0.3 is 5.97 Å². The van der Waals surface area contributed by atoms with Gasteiger partial charge in [-0.15, -0.1) is 0 Å². The summed E-state index contributed by atoms with van der Waals surface area (Å²) in [6, 6.07) is 23.7. The zero-order valence-electron chi connectivity index (χ0n) is 18.4. The van der Waals surface area contributed by atoms with Crippen LogP contribution in [-0.4, -0.2) is 31.3 Å². The quantitative estimate of drug-likeness (QED) is 0.269. The summed E-state index contributed by atoms with van der Waals surface area (Å²) in [5.74, 6) is 0.428. The molecular formula is C26H26N2O5. The highest BCUT2D eigenvalue weighted by atomic mass is 16.5. The minimum absolute atomic E-state index is 0.205. The van der Waals surface area contributed by atoms with Crippen LogP contribution in [0.5, 0.6) is 11.5 Å². The number of hydrazone groups is 1. The van der Waals surface area contributed by atoms with Crippen LogP contribution in [0.4, 0.5) is 0 Å². The van der Waals surface area contributed by atoms with Crippen LogP contribution in [0, 0.1) is 0 Å². The second-order valence-electron chi connectivity index (χ2n) is 7.09. The second-order valence-corrected chi connectivity index (χ2v) is 7.09. The third-order valence-corrected chi connectivity index (χ3v) is 4.43. The van der Waals surface area contributed by atoms with E-state index in [1.165, 1.54) is 6.21 Å². The van der Waals surface area contributed by atoms with Gasteiger partial charge in [-0.2, -0.15) is 5.10 Å². The van der Waals surface area contributed by atoms with Crippen LogP contribution in [0.2, 0.25) is 0 Å². The van der Waals surface area contributed by atoms with Crippen molar-refractivity contribution in [3.8, 4) is 11.5 Å². The lowest BCUT2D eigenvalue weighted by Crippen LogP contribution is -2.24. The fraction of sp³-hybridized carbons (Fsp3) is 0.192. The van der Waals surface area contributed by atoms with Crippen molar-refractivity contribution in [3.05, 3.63) is 95.6 Å². The lowest BCUT2D eigenvalue weighted by Gasteiger charge is -2.07. The highest BCUT2D eigenvalue weighted by molar-refractivity contribution is 5.89. The first-order valence-electron chi connectivity index (χ1n) is 10.6. The molecule has 0 aliphatic heterocycles. The molecule has 0 aromatic heterocycles. The first kappa shape index (κ1) is 23.5. The molecule has 0 bridgehead atoms. The molecule has 0 aliphatic rings. The molecule has 0 radical (unpaired) electrons. The summed E-state index contributed by atoms with van der Waals surface area (Å²) >= 11 is 0. The molecule has 0 saturated carbocycles. The number of rotatable bonds is 11. The SMILES string of the molecule is CCCOC(=O)c1ccc(OCC(=O)N/N=C/c2ccc(OCc3ccccc3)cc2)cc1. The molecule has 1 amide bonds. The molecule has 0 fully saturated rings. The number of hydrogen-bond acceptors (Lipinski definition) is 6. The molecule has 1 N–H and O–H groups in total. The number of hydrogen-bond donors (Lipinski definition) is 1. The van der Waals surface area contributed by atoms with E-state index in [9.17, 15) is 9.59 Å². The van der Waals surface area contributed by atoms with Crippen LogP contribution in [0.3, 0.4) is 0 Å². The molecule has 0 spiro atoms. The fourth-order valence-corrected chi connectivity index (χ4v) is 2.72. The molecule has 3 aromatic rings. The van der Waals surface area contributed by atoms with E-state index in [-0.39, 0.29) is 12.6 Å². The van der Waals surface area contributed by atoms with Crippen LogP contribution in [0.1, 0.15) is 34.8 Å². The Hall–Kier alpha value is -4.13. The van der Waals surface area contributed by atoms with Crippen molar-refractivity contribution in [1.82, 2.24) is 5.43 Å². The van der Waals surface area contributed by atoms with Gasteiger partial charge in [0.2, 0.25) is 0 Å². The number of nitrogens with one attached hydrogen (secondary N) is 1. The van der Waals surface area contributed by atoms with Gasteiger partial charge < -0.3 is 14.2 Å². The molecule has 0 atom stereocenters. The van der Waals surface area contributed by atoms with Gasteiger partial charge in [0.1, 0.15) is 18.1 Å². The molecule has 170 valence electrons. The molecular weight excluding hydrogens is 420 g/mol. The van der Waals surface area contributed by atoms with Crippen molar-refractivity contribution in [2.45, 2.75) is 20.0 Å². The predicted octanol–water partition coefficient (Wildman–Crippen LogP) is 4.36. The Morgan fingerprint density at radius 2 is 1.55 bits per heavy atom. The zero-order valence-corrected chi connectivity index (χ0v) is 18.4. The maximum atomic E-state index is 11.9. The molecule has 3 aromatic carbocycles. The van der Waals surface area contributed by atoms with Gasteiger partial charge in [-0.3, -0.25) is 4.79 Å². The average Bonchev–Trinajstić information content (AvgIpc) is 2.86. The van der Waals surface area contributed by atoms with E-state index in [1.807, 2.05) is 61.5 Å². The van der Waals surface area contributed by atoms with E-state index in [4.69, 9.17) is 14.2 Å². The summed E-state index contributed by atoms with van der Waals surface area (Å²) in [5.41, 5.74) is 4.76. The van der Waals surface area contributed by atoms with Crippen LogP contribution >= 0.6 is 0 Å². The Morgan fingerprint density at radius 3 is 2.24 bits per heavy atom. The Kier molecular flexibility index (Phi) is 9.03. The van der Waals surface area contributed by atoms with Gasteiger partial charge in [-0.25, -0.2) is 10.2 Å². The van der Waals surface area contributed by atoms with Crippen molar-refractivity contribution in [3.63, 3.8) is 0 Å². The number of carbonyl (C=O) groups is 2. The summed E-state index contributed by atoms with van der Waals surface area (Å²) < 4.78 is 16.2. The molecule has 7 heteroatoms. The standard InChI is InChI=1S/C26H26N2O5/c1-2-16-31-26(30)22-10-14-24(15-11-22)33-19-25(29)28-27-17-20-8-12-23(13-9-20)32-18-21-6-4-3-5-7-21/h3-15,17H,2,16,18-19H2,1H3,(H,28,29)/b27-17+. The highest BCUT2D eigenvalue weighted by Gasteiger charge is 2.07. The molecule has 7 nitrogen and oxygen atoms in total. The van der Waals surface area contributed by atoms with E-state index in [0.29, 0.717) is 24.5 Å². The molecule has 33 heavy (non-hydrogen) atoms. The van der Waals surface area contributed by atoms with Crippen LogP contribution < -0.4 is 14.9 Å². The largest absolute Gasteiger partial charge is 0.489 e. The van der Waals surface area contributed by atoms with E-state index in [0.717, 1.165) is 23.3 Å². The first-order valence-corrected chi connectivity index (χ1v) is 10.6. The Labute approximate surface area is 193 Å². The number of esters is 1. The van der Waals surface area contributed by atoms with E-state index >= 15 is 0 Å².